The van der Waals surface area contributed by atoms with Crippen molar-refractivity contribution in [3.8, 4) is 0 Å². The van der Waals surface area contributed by atoms with E-state index in [4.69, 9.17) is 27.9 Å². The van der Waals surface area contributed by atoms with E-state index >= 15 is 0 Å². The third-order valence-corrected chi connectivity index (χ3v) is 7.36. The number of esters is 1. The molecule has 2 aromatic carbocycles. The molecular formula is C27H29Cl2NO3S. The van der Waals surface area contributed by atoms with E-state index in [9.17, 15) is 9.59 Å². The van der Waals surface area contributed by atoms with Crippen molar-refractivity contribution in [2.75, 3.05) is 13.1 Å². The van der Waals surface area contributed by atoms with Crippen molar-refractivity contribution in [2.24, 2.45) is 11.8 Å². The summed E-state index contributed by atoms with van der Waals surface area (Å²) >= 11 is 13.6. The summed E-state index contributed by atoms with van der Waals surface area (Å²) in [5, 5.41) is 6.29. The molecule has 0 saturated carbocycles. The molecule has 7 heteroatoms. The zero-order valence-electron chi connectivity index (χ0n) is 19.3. The van der Waals surface area contributed by atoms with Crippen LogP contribution in [0.5, 0.6) is 0 Å². The lowest BCUT2D eigenvalue weighted by Gasteiger charge is -2.27. The molecule has 1 N–H and O–H groups in total. The van der Waals surface area contributed by atoms with Crippen molar-refractivity contribution in [3.05, 3.63) is 92.1 Å². The summed E-state index contributed by atoms with van der Waals surface area (Å²) in [5.41, 5.74) is 1.65. The predicted octanol–water partition coefficient (Wildman–Crippen LogP) is 7.21. The molecule has 1 unspecified atom stereocenters. The third-order valence-electron chi connectivity index (χ3n) is 5.95. The van der Waals surface area contributed by atoms with E-state index in [1.54, 1.807) is 24.3 Å². The number of hydrogen-bond acceptors (Lipinski definition) is 5. The fourth-order valence-corrected chi connectivity index (χ4v) is 4.89. The number of thiophene rings is 1. The highest BCUT2D eigenvalue weighted by Gasteiger charge is 2.30. The van der Waals surface area contributed by atoms with Gasteiger partial charge in [-0.2, -0.15) is 0 Å². The van der Waals surface area contributed by atoms with Gasteiger partial charge in [0.05, 0.1) is 17.3 Å². The number of carbonyl (C=O) groups excluding carboxylic acids is 2. The van der Waals surface area contributed by atoms with Crippen LogP contribution in [0.4, 0.5) is 0 Å². The minimum absolute atomic E-state index is 0.0202. The first-order valence-electron chi connectivity index (χ1n) is 11.4. The zero-order valence-corrected chi connectivity index (χ0v) is 21.6. The Labute approximate surface area is 215 Å². The van der Waals surface area contributed by atoms with E-state index in [1.807, 2.05) is 41.8 Å². The number of Topliss-reactive ketones (excluding diaryl/α,β-unsaturated/α-hetero) is 1. The molecule has 1 heterocycles. The first-order valence-corrected chi connectivity index (χ1v) is 13.0. The molecule has 180 valence electrons. The first-order chi connectivity index (χ1) is 16.4. The fraction of sp³-hybridized carbons (Fsp3) is 0.333. The molecule has 0 bridgehead atoms. The molecule has 4 nitrogen and oxygen atoms in total. The molecule has 0 aliphatic rings. The summed E-state index contributed by atoms with van der Waals surface area (Å²) in [6.45, 7) is 4.70. The van der Waals surface area contributed by atoms with Crippen molar-refractivity contribution >= 4 is 46.3 Å². The summed E-state index contributed by atoms with van der Waals surface area (Å²) in [7, 11) is 0. The molecule has 1 aromatic heterocycles. The standard InChI is InChI=1S/C27H29Cl2NO3S/c1-3-18(4-2)23(16-30-17-24(31)25-6-5-15-34-25)27(32)33-26(19-7-11-21(28)12-8-19)20-9-13-22(29)14-10-20/h5-15,18,23,26,30H,3-4,16-17H2,1-2H3. The molecule has 0 fully saturated rings. The zero-order chi connectivity index (χ0) is 24.5. The first kappa shape index (κ1) is 26.4. The van der Waals surface area contributed by atoms with Crippen LogP contribution >= 0.6 is 34.5 Å². The Bertz CT molecular complexity index is 1000. The Balaban J connectivity index is 1.78. The molecule has 0 spiro atoms. The molecule has 0 aliphatic carbocycles. The van der Waals surface area contributed by atoms with E-state index in [-0.39, 0.29) is 30.1 Å². The Kier molecular flexibility index (Phi) is 10.1. The minimum Gasteiger partial charge on any atom is -0.452 e. The second-order valence-electron chi connectivity index (χ2n) is 8.13. The van der Waals surface area contributed by atoms with Gasteiger partial charge in [0.15, 0.2) is 11.9 Å². The van der Waals surface area contributed by atoms with Crippen LogP contribution in [0.15, 0.2) is 66.0 Å². The van der Waals surface area contributed by atoms with Gasteiger partial charge >= 0.3 is 5.97 Å². The summed E-state index contributed by atoms with van der Waals surface area (Å²) in [6, 6.07) is 18.2. The maximum absolute atomic E-state index is 13.5. The molecule has 3 aromatic rings. The number of rotatable bonds is 12. The van der Waals surface area contributed by atoms with E-state index in [1.165, 1.54) is 11.3 Å². The van der Waals surface area contributed by atoms with Crippen LogP contribution in [0.1, 0.15) is 53.6 Å². The smallest absolute Gasteiger partial charge is 0.311 e. The van der Waals surface area contributed by atoms with E-state index in [2.05, 4.69) is 19.2 Å². The summed E-state index contributed by atoms with van der Waals surface area (Å²) in [4.78, 5) is 26.6. The van der Waals surface area contributed by atoms with Crippen LogP contribution < -0.4 is 5.32 Å². The topological polar surface area (TPSA) is 55.4 Å². The van der Waals surface area contributed by atoms with Crippen molar-refractivity contribution in [3.63, 3.8) is 0 Å². The van der Waals surface area contributed by atoms with Gasteiger partial charge in [-0.3, -0.25) is 9.59 Å². The van der Waals surface area contributed by atoms with Crippen LogP contribution in [-0.4, -0.2) is 24.8 Å². The van der Waals surface area contributed by atoms with E-state index in [0.717, 1.165) is 24.0 Å². The average molecular weight is 519 g/mol. The second kappa shape index (κ2) is 13.1. The van der Waals surface area contributed by atoms with Crippen molar-refractivity contribution in [2.45, 2.75) is 32.8 Å². The number of ketones is 1. The van der Waals surface area contributed by atoms with Gasteiger partial charge in [0, 0.05) is 16.6 Å². The highest BCUT2D eigenvalue weighted by molar-refractivity contribution is 7.12. The third kappa shape index (κ3) is 7.16. The number of hydrogen-bond donors (Lipinski definition) is 1. The molecule has 3 rings (SSSR count). The number of nitrogens with one attached hydrogen (secondary N) is 1. The van der Waals surface area contributed by atoms with Gasteiger partial charge in [0.25, 0.3) is 0 Å². The summed E-state index contributed by atoms with van der Waals surface area (Å²) in [5.74, 6) is -0.521. The second-order valence-corrected chi connectivity index (χ2v) is 9.96. The Morgan fingerprint density at radius 3 is 1.94 bits per heavy atom. The average Bonchev–Trinajstić information content (AvgIpc) is 3.38. The molecule has 34 heavy (non-hydrogen) atoms. The molecular weight excluding hydrogens is 489 g/mol. The van der Waals surface area contributed by atoms with Crippen LogP contribution in [0.3, 0.4) is 0 Å². The van der Waals surface area contributed by atoms with Gasteiger partial charge in [-0.15, -0.1) is 11.3 Å². The summed E-state index contributed by atoms with van der Waals surface area (Å²) in [6.07, 6.45) is 1.08. The number of benzene rings is 2. The predicted molar refractivity (Wildman–Crippen MR) is 140 cm³/mol. The Morgan fingerprint density at radius 1 is 0.912 bits per heavy atom. The Hall–Kier alpha value is -2.18. The van der Waals surface area contributed by atoms with Gasteiger partial charge in [-0.1, -0.05) is 80.2 Å². The quantitative estimate of drug-likeness (QED) is 0.203. The van der Waals surface area contributed by atoms with Crippen LogP contribution in [0, 0.1) is 11.8 Å². The highest BCUT2D eigenvalue weighted by Crippen LogP contribution is 2.31. The SMILES string of the molecule is CCC(CC)C(CNCC(=O)c1cccs1)C(=O)OC(c1ccc(Cl)cc1)c1ccc(Cl)cc1. The van der Waals surface area contributed by atoms with Gasteiger partial charge < -0.3 is 10.1 Å². The monoisotopic (exact) mass is 517 g/mol. The normalized spacial score (nSPS) is 12.2. The number of halogens is 2. The van der Waals surface area contributed by atoms with Crippen molar-refractivity contribution in [1.82, 2.24) is 5.32 Å². The number of ether oxygens (including phenoxy) is 1. The lowest BCUT2D eigenvalue weighted by atomic mass is 9.87. The van der Waals surface area contributed by atoms with Crippen molar-refractivity contribution < 1.29 is 14.3 Å². The number of carbonyl (C=O) groups is 2. The summed E-state index contributed by atoms with van der Waals surface area (Å²) < 4.78 is 6.13. The van der Waals surface area contributed by atoms with E-state index < -0.39 is 6.10 Å². The van der Waals surface area contributed by atoms with Gasteiger partial charge in [-0.05, 0) is 52.8 Å². The lowest BCUT2D eigenvalue weighted by molar-refractivity contribution is -0.154. The maximum atomic E-state index is 13.5. The van der Waals surface area contributed by atoms with Gasteiger partial charge in [0.1, 0.15) is 0 Å². The highest BCUT2D eigenvalue weighted by atomic mass is 35.5. The molecule has 0 saturated heterocycles. The lowest BCUT2D eigenvalue weighted by Crippen LogP contribution is -2.37. The van der Waals surface area contributed by atoms with Gasteiger partial charge in [-0.25, -0.2) is 0 Å². The minimum atomic E-state index is -0.591. The van der Waals surface area contributed by atoms with Crippen molar-refractivity contribution in [1.29, 1.82) is 0 Å². The molecule has 0 radical (unpaired) electrons. The molecule has 0 aliphatic heterocycles. The fourth-order valence-electron chi connectivity index (χ4n) is 3.97. The van der Waals surface area contributed by atoms with E-state index in [0.29, 0.717) is 21.5 Å². The molecule has 1 atom stereocenters. The Morgan fingerprint density at radius 2 is 1.47 bits per heavy atom. The van der Waals surface area contributed by atoms with Gasteiger partial charge in [0.2, 0.25) is 0 Å². The molecule has 0 amide bonds. The largest absolute Gasteiger partial charge is 0.452 e. The van der Waals surface area contributed by atoms with Crippen LogP contribution in [-0.2, 0) is 9.53 Å². The maximum Gasteiger partial charge on any atom is 0.311 e. The van der Waals surface area contributed by atoms with Crippen LogP contribution in [0.25, 0.3) is 0 Å². The van der Waals surface area contributed by atoms with Crippen LogP contribution in [0.2, 0.25) is 10.0 Å².